The SMILES string of the molecule is CC(C)(N)C(=O)Nc1nnc2ccccn12. The summed E-state index contributed by atoms with van der Waals surface area (Å²) in [6.45, 7) is 3.26. The first-order valence-corrected chi connectivity index (χ1v) is 4.88. The average Bonchev–Trinajstić information content (AvgIpc) is 2.61. The van der Waals surface area contributed by atoms with E-state index in [2.05, 4.69) is 15.5 Å². The summed E-state index contributed by atoms with van der Waals surface area (Å²) in [6.07, 6.45) is 1.77. The van der Waals surface area contributed by atoms with Crippen molar-refractivity contribution < 1.29 is 4.79 Å². The Kier molecular flexibility index (Phi) is 2.35. The number of carbonyl (C=O) groups is 1. The Hall–Kier alpha value is -1.95. The molecule has 0 aliphatic carbocycles. The van der Waals surface area contributed by atoms with Crippen LogP contribution in [0.2, 0.25) is 0 Å². The van der Waals surface area contributed by atoms with Crippen molar-refractivity contribution in [3.63, 3.8) is 0 Å². The summed E-state index contributed by atoms with van der Waals surface area (Å²) in [5.41, 5.74) is 5.40. The van der Waals surface area contributed by atoms with Crippen molar-refractivity contribution in [2.45, 2.75) is 19.4 Å². The number of fused-ring (bicyclic) bond motifs is 1. The monoisotopic (exact) mass is 219 g/mol. The van der Waals surface area contributed by atoms with Gasteiger partial charge in [0.15, 0.2) is 5.65 Å². The van der Waals surface area contributed by atoms with Crippen molar-refractivity contribution in [1.82, 2.24) is 14.6 Å². The first kappa shape index (κ1) is 10.6. The number of rotatable bonds is 2. The number of anilines is 1. The van der Waals surface area contributed by atoms with Gasteiger partial charge in [-0.05, 0) is 26.0 Å². The van der Waals surface area contributed by atoms with Gasteiger partial charge in [0, 0.05) is 6.20 Å². The number of amides is 1. The van der Waals surface area contributed by atoms with E-state index in [0.29, 0.717) is 11.6 Å². The zero-order valence-electron chi connectivity index (χ0n) is 9.14. The van der Waals surface area contributed by atoms with Gasteiger partial charge in [0.05, 0.1) is 5.54 Å². The summed E-state index contributed by atoms with van der Waals surface area (Å²) < 4.78 is 1.68. The maximum atomic E-state index is 11.7. The Labute approximate surface area is 92.5 Å². The topological polar surface area (TPSA) is 85.3 Å². The van der Waals surface area contributed by atoms with E-state index in [9.17, 15) is 4.79 Å². The number of pyridine rings is 1. The Morgan fingerprint density at radius 3 is 2.88 bits per heavy atom. The number of nitrogens with two attached hydrogens (primary N) is 1. The Morgan fingerprint density at radius 1 is 1.44 bits per heavy atom. The lowest BCUT2D eigenvalue weighted by molar-refractivity contribution is -0.120. The number of aromatic nitrogens is 3. The van der Waals surface area contributed by atoms with Gasteiger partial charge < -0.3 is 5.73 Å². The van der Waals surface area contributed by atoms with Crippen LogP contribution in [0.15, 0.2) is 24.4 Å². The van der Waals surface area contributed by atoms with Crippen LogP contribution in [-0.4, -0.2) is 26.0 Å². The quantitative estimate of drug-likeness (QED) is 0.765. The van der Waals surface area contributed by atoms with E-state index in [4.69, 9.17) is 5.73 Å². The fourth-order valence-corrected chi connectivity index (χ4v) is 1.19. The zero-order valence-corrected chi connectivity index (χ0v) is 9.14. The second-order valence-electron chi connectivity index (χ2n) is 4.13. The fourth-order valence-electron chi connectivity index (χ4n) is 1.19. The average molecular weight is 219 g/mol. The largest absolute Gasteiger partial charge is 0.318 e. The number of nitrogens with zero attached hydrogens (tertiary/aromatic N) is 3. The first-order valence-electron chi connectivity index (χ1n) is 4.88. The predicted octanol–water partition coefficient (Wildman–Crippen LogP) is 0.405. The van der Waals surface area contributed by atoms with Crippen molar-refractivity contribution in [2.24, 2.45) is 5.73 Å². The molecule has 0 fully saturated rings. The van der Waals surface area contributed by atoms with Crippen molar-refractivity contribution in [1.29, 1.82) is 0 Å². The third-order valence-corrected chi connectivity index (χ3v) is 2.12. The third-order valence-electron chi connectivity index (χ3n) is 2.12. The molecule has 6 nitrogen and oxygen atoms in total. The van der Waals surface area contributed by atoms with Crippen LogP contribution in [0, 0.1) is 0 Å². The smallest absolute Gasteiger partial charge is 0.246 e. The van der Waals surface area contributed by atoms with Gasteiger partial charge in [0.2, 0.25) is 11.9 Å². The van der Waals surface area contributed by atoms with E-state index in [1.807, 2.05) is 12.1 Å². The third kappa shape index (κ3) is 1.87. The summed E-state index contributed by atoms with van der Waals surface area (Å²) in [7, 11) is 0. The van der Waals surface area contributed by atoms with Gasteiger partial charge in [-0.3, -0.25) is 14.5 Å². The van der Waals surface area contributed by atoms with E-state index in [1.165, 1.54) is 0 Å². The number of hydrogen-bond acceptors (Lipinski definition) is 4. The second-order valence-corrected chi connectivity index (χ2v) is 4.13. The van der Waals surface area contributed by atoms with Crippen LogP contribution in [0.3, 0.4) is 0 Å². The molecule has 2 aromatic rings. The van der Waals surface area contributed by atoms with Crippen molar-refractivity contribution in [3.8, 4) is 0 Å². The van der Waals surface area contributed by atoms with E-state index >= 15 is 0 Å². The lowest BCUT2D eigenvalue weighted by Crippen LogP contribution is -2.45. The number of carbonyl (C=O) groups excluding carboxylic acids is 1. The molecule has 0 spiro atoms. The molecule has 2 rings (SSSR count). The molecule has 6 heteroatoms. The Bertz CT molecular complexity index is 525. The molecule has 2 aromatic heterocycles. The molecule has 16 heavy (non-hydrogen) atoms. The summed E-state index contributed by atoms with van der Waals surface area (Å²) in [6, 6.07) is 5.48. The molecule has 0 aromatic carbocycles. The Balaban J connectivity index is 2.32. The maximum Gasteiger partial charge on any atom is 0.246 e. The van der Waals surface area contributed by atoms with Crippen LogP contribution >= 0.6 is 0 Å². The van der Waals surface area contributed by atoms with E-state index in [0.717, 1.165) is 0 Å². The van der Waals surface area contributed by atoms with Crippen LogP contribution in [-0.2, 0) is 4.79 Å². The fraction of sp³-hybridized carbons (Fsp3) is 0.300. The van der Waals surface area contributed by atoms with Crippen LogP contribution in [0.25, 0.3) is 5.65 Å². The lowest BCUT2D eigenvalue weighted by atomic mass is 10.1. The Morgan fingerprint density at radius 2 is 2.19 bits per heavy atom. The van der Waals surface area contributed by atoms with Gasteiger partial charge in [-0.1, -0.05) is 6.07 Å². The molecule has 0 saturated carbocycles. The molecule has 0 bridgehead atoms. The highest BCUT2D eigenvalue weighted by Gasteiger charge is 2.23. The summed E-state index contributed by atoms with van der Waals surface area (Å²) in [5, 5.41) is 10.4. The van der Waals surface area contributed by atoms with E-state index < -0.39 is 5.54 Å². The highest BCUT2D eigenvalue weighted by atomic mass is 16.2. The molecular formula is C10H13N5O. The number of nitrogens with one attached hydrogen (secondary N) is 1. The summed E-state index contributed by atoms with van der Waals surface area (Å²) >= 11 is 0. The summed E-state index contributed by atoms with van der Waals surface area (Å²) in [5.74, 6) is 0.0739. The van der Waals surface area contributed by atoms with Crippen molar-refractivity contribution in [2.75, 3.05) is 5.32 Å². The van der Waals surface area contributed by atoms with Crippen molar-refractivity contribution in [3.05, 3.63) is 24.4 Å². The molecule has 0 aliphatic rings. The van der Waals surface area contributed by atoms with Crippen LogP contribution in [0.5, 0.6) is 0 Å². The van der Waals surface area contributed by atoms with Gasteiger partial charge in [0.25, 0.3) is 0 Å². The molecule has 0 saturated heterocycles. The molecule has 2 heterocycles. The highest BCUT2D eigenvalue weighted by molar-refractivity contribution is 5.96. The minimum atomic E-state index is -0.944. The molecule has 84 valence electrons. The molecule has 3 N–H and O–H groups in total. The standard InChI is InChI=1S/C10H13N5O/c1-10(2,11)8(16)12-9-14-13-7-5-3-4-6-15(7)9/h3-6H,11H2,1-2H3,(H,12,14,16). The number of hydrogen-bond donors (Lipinski definition) is 2. The van der Waals surface area contributed by atoms with E-state index in [1.54, 1.807) is 30.5 Å². The second kappa shape index (κ2) is 3.57. The molecule has 0 atom stereocenters. The van der Waals surface area contributed by atoms with Crippen LogP contribution in [0.4, 0.5) is 5.95 Å². The van der Waals surface area contributed by atoms with Crippen LogP contribution < -0.4 is 11.1 Å². The van der Waals surface area contributed by atoms with Gasteiger partial charge in [-0.25, -0.2) is 0 Å². The lowest BCUT2D eigenvalue weighted by Gasteiger charge is -2.16. The van der Waals surface area contributed by atoms with Crippen LogP contribution in [0.1, 0.15) is 13.8 Å². The molecule has 1 amide bonds. The van der Waals surface area contributed by atoms with Crippen molar-refractivity contribution >= 4 is 17.5 Å². The highest BCUT2D eigenvalue weighted by Crippen LogP contribution is 2.09. The minimum absolute atomic E-state index is 0.300. The molecular weight excluding hydrogens is 206 g/mol. The summed E-state index contributed by atoms with van der Waals surface area (Å²) in [4.78, 5) is 11.7. The molecule has 0 aliphatic heterocycles. The van der Waals surface area contributed by atoms with Gasteiger partial charge in [-0.2, -0.15) is 0 Å². The predicted molar refractivity (Wildman–Crippen MR) is 59.9 cm³/mol. The zero-order chi connectivity index (χ0) is 11.8. The minimum Gasteiger partial charge on any atom is -0.318 e. The van der Waals surface area contributed by atoms with Gasteiger partial charge in [-0.15, -0.1) is 10.2 Å². The maximum absolute atomic E-state index is 11.7. The molecule has 0 unspecified atom stereocenters. The van der Waals surface area contributed by atoms with Gasteiger partial charge in [0.1, 0.15) is 0 Å². The molecule has 0 radical (unpaired) electrons. The normalized spacial score (nSPS) is 11.7. The first-order chi connectivity index (χ1) is 7.48. The van der Waals surface area contributed by atoms with E-state index in [-0.39, 0.29) is 5.91 Å². The van der Waals surface area contributed by atoms with Gasteiger partial charge >= 0.3 is 0 Å².